The number of hydrogen-bond acceptors (Lipinski definition) is 4. The third-order valence-corrected chi connectivity index (χ3v) is 3.72. The number of aryl methyl sites for hydroxylation is 1. The highest BCUT2D eigenvalue weighted by Gasteiger charge is 2.14. The van der Waals surface area contributed by atoms with Gasteiger partial charge in [-0.1, -0.05) is 23.7 Å². The number of nitrogens with zero attached hydrogens (tertiary/aromatic N) is 3. The van der Waals surface area contributed by atoms with E-state index in [1.807, 2.05) is 51.2 Å². The molecule has 0 saturated carbocycles. The maximum atomic E-state index is 5.95. The van der Waals surface area contributed by atoms with Gasteiger partial charge in [-0.3, -0.25) is 0 Å². The smallest absolute Gasteiger partial charge is 0.224 e. The standard InChI is InChI=1S/C16H21ClN4/c1-5-18-16-19-11(2)10-15(20-16)21(4)12(3)13-6-8-14(17)9-7-13/h6-10,12H,5H2,1-4H3,(H,18,19,20). The molecule has 0 saturated heterocycles. The summed E-state index contributed by atoms with van der Waals surface area (Å²) in [5.41, 5.74) is 2.15. The second-order valence-corrected chi connectivity index (χ2v) is 5.50. The Morgan fingerprint density at radius 1 is 1.24 bits per heavy atom. The van der Waals surface area contributed by atoms with Gasteiger partial charge in [-0.25, -0.2) is 4.98 Å². The Kier molecular flexibility index (Phi) is 5.02. The van der Waals surface area contributed by atoms with Crippen molar-refractivity contribution in [2.24, 2.45) is 0 Å². The van der Waals surface area contributed by atoms with E-state index in [-0.39, 0.29) is 6.04 Å². The number of anilines is 2. The minimum Gasteiger partial charge on any atom is -0.354 e. The van der Waals surface area contributed by atoms with Crippen LogP contribution in [0.1, 0.15) is 31.1 Å². The monoisotopic (exact) mass is 304 g/mol. The molecule has 5 heteroatoms. The zero-order chi connectivity index (χ0) is 15.4. The predicted molar refractivity (Wildman–Crippen MR) is 89.2 cm³/mol. The van der Waals surface area contributed by atoms with E-state index in [4.69, 9.17) is 11.6 Å². The minimum absolute atomic E-state index is 0.200. The van der Waals surface area contributed by atoms with E-state index in [1.165, 1.54) is 5.56 Å². The van der Waals surface area contributed by atoms with Gasteiger partial charge in [0.25, 0.3) is 0 Å². The molecule has 1 aromatic heterocycles. The van der Waals surface area contributed by atoms with Crippen LogP contribution in [0.5, 0.6) is 0 Å². The van der Waals surface area contributed by atoms with Crippen LogP contribution >= 0.6 is 11.6 Å². The fraction of sp³-hybridized carbons (Fsp3) is 0.375. The lowest BCUT2D eigenvalue weighted by Crippen LogP contribution is -2.23. The highest BCUT2D eigenvalue weighted by Crippen LogP contribution is 2.25. The lowest BCUT2D eigenvalue weighted by atomic mass is 10.1. The van der Waals surface area contributed by atoms with E-state index in [2.05, 4.69) is 27.1 Å². The van der Waals surface area contributed by atoms with Crippen LogP contribution in [0.15, 0.2) is 30.3 Å². The first-order valence-electron chi connectivity index (χ1n) is 7.09. The minimum atomic E-state index is 0.200. The Hall–Kier alpha value is -1.81. The van der Waals surface area contributed by atoms with E-state index in [1.54, 1.807) is 0 Å². The van der Waals surface area contributed by atoms with E-state index < -0.39 is 0 Å². The molecule has 2 aromatic rings. The normalized spacial score (nSPS) is 12.0. The van der Waals surface area contributed by atoms with Crippen molar-refractivity contribution in [1.29, 1.82) is 0 Å². The Morgan fingerprint density at radius 2 is 1.90 bits per heavy atom. The van der Waals surface area contributed by atoms with Gasteiger partial charge in [-0.2, -0.15) is 4.98 Å². The van der Waals surface area contributed by atoms with Crippen molar-refractivity contribution in [3.8, 4) is 0 Å². The maximum absolute atomic E-state index is 5.95. The van der Waals surface area contributed by atoms with Gasteiger partial charge in [0.2, 0.25) is 5.95 Å². The maximum Gasteiger partial charge on any atom is 0.224 e. The van der Waals surface area contributed by atoms with Crippen molar-refractivity contribution >= 4 is 23.4 Å². The highest BCUT2D eigenvalue weighted by atomic mass is 35.5. The van der Waals surface area contributed by atoms with Crippen molar-refractivity contribution < 1.29 is 0 Å². The molecular weight excluding hydrogens is 284 g/mol. The van der Waals surface area contributed by atoms with Crippen LogP contribution in [0.3, 0.4) is 0 Å². The third-order valence-electron chi connectivity index (χ3n) is 3.47. The summed E-state index contributed by atoms with van der Waals surface area (Å²) in [6.45, 7) is 6.96. The van der Waals surface area contributed by atoms with Crippen LogP contribution in [-0.4, -0.2) is 23.6 Å². The Morgan fingerprint density at radius 3 is 2.52 bits per heavy atom. The Balaban J connectivity index is 2.26. The first-order chi connectivity index (χ1) is 10.0. The Labute approximate surface area is 131 Å². The lowest BCUT2D eigenvalue weighted by Gasteiger charge is -2.27. The Bertz CT molecular complexity index is 598. The molecular formula is C16H21ClN4. The second kappa shape index (κ2) is 6.76. The van der Waals surface area contributed by atoms with Gasteiger partial charge in [-0.05, 0) is 38.5 Å². The molecule has 1 heterocycles. The van der Waals surface area contributed by atoms with Crippen LogP contribution in [0.4, 0.5) is 11.8 Å². The van der Waals surface area contributed by atoms with Crippen molar-refractivity contribution in [3.05, 3.63) is 46.6 Å². The molecule has 1 unspecified atom stereocenters. The van der Waals surface area contributed by atoms with E-state index in [0.29, 0.717) is 5.95 Å². The number of aromatic nitrogens is 2. The molecule has 2 rings (SSSR count). The molecule has 0 aliphatic heterocycles. The largest absolute Gasteiger partial charge is 0.354 e. The van der Waals surface area contributed by atoms with Gasteiger partial charge >= 0.3 is 0 Å². The van der Waals surface area contributed by atoms with E-state index >= 15 is 0 Å². The molecule has 1 N–H and O–H groups in total. The molecule has 112 valence electrons. The van der Waals surface area contributed by atoms with Crippen molar-refractivity contribution in [3.63, 3.8) is 0 Å². The van der Waals surface area contributed by atoms with Crippen LogP contribution < -0.4 is 10.2 Å². The topological polar surface area (TPSA) is 41.1 Å². The first kappa shape index (κ1) is 15.6. The lowest BCUT2D eigenvalue weighted by molar-refractivity contribution is 0.726. The van der Waals surface area contributed by atoms with Crippen molar-refractivity contribution in [1.82, 2.24) is 9.97 Å². The summed E-state index contributed by atoms with van der Waals surface area (Å²) in [4.78, 5) is 11.1. The van der Waals surface area contributed by atoms with Crippen molar-refractivity contribution in [2.45, 2.75) is 26.8 Å². The van der Waals surface area contributed by atoms with Crippen LogP contribution in [0.25, 0.3) is 0 Å². The molecule has 0 amide bonds. The second-order valence-electron chi connectivity index (χ2n) is 5.06. The molecule has 0 spiro atoms. The summed E-state index contributed by atoms with van der Waals surface area (Å²) >= 11 is 5.95. The number of halogens is 1. The fourth-order valence-corrected chi connectivity index (χ4v) is 2.26. The van der Waals surface area contributed by atoms with E-state index in [0.717, 1.165) is 23.1 Å². The quantitative estimate of drug-likeness (QED) is 0.904. The molecule has 0 aliphatic carbocycles. The van der Waals surface area contributed by atoms with Crippen LogP contribution in [-0.2, 0) is 0 Å². The van der Waals surface area contributed by atoms with E-state index in [9.17, 15) is 0 Å². The van der Waals surface area contributed by atoms with Gasteiger partial charge in [0, 0.05) is 30.4 Å². The molecule has 1 atom stereocenters. The average Bonchev–Trinajstić information content (AvgIpc) is 2.46. The van der Waals surface area contributed by atoms with Gasteiger partial charge in [0.05, 0.1) is 6.04 Å². The van der Waals surface area contributed by atoms with Gasteiger partial charge < -0.3 is 10.2 Å². The predicted octanol–water partition coefficient (Wildman–Crippen LogP) is 4.07. The number of hydrogen-bond donors (Lipinski definition) is 1. The SMILES string of the molecule is CCNc1nc(C)cc(N(C)C(C)c2ccc(Cl)cc2)n1. The number of nitrogens with one attached hydrogen (secondary N) is 1. The van der Waals surface area contributed by atoms with Crippen molar-refractivity contribution in [2.75, 3.05) is 23.8 Å². The number of benzene rings is 1. The zero-order valence-electron chi connectivity index (χ0n) is 12.9. The summed E-state index contributed by atoms with van der Waals surface area (Å²) in [6, 6.07) is 10.1. The fourth-order valence-electron chi connectivity index (χ4n) is 2.13. The first-order valence-corrected chi connectivity index (χ1v) is 7.47. The van der Waals surface area contributed by atoms with Crippen LogP contribution in [0, 0.1) is 6.92 Å². The number of rotatable bonds is 5. The summed E-state index contributed by atoms with van der Waals surface area (Å²) < 4.78 is 0. The van der Waals surface area contributed by atoms with Gasteiger partial charge in [-0.15, -0.1) is 0 Å². The molecule has 4 nitrogen and oxygen atoms in total. The molecule has 0 aliphatic rings. The van der Waals surface area contributed by atoms with Gasteiger partial charge in [0.15, 0.2) is 0 Å². The summed E-state index contributed by atoms with van der Waals surface area (Å²) in [5, 5.41) is 3.91. The molecule has 0 fully saturated rings. The molecule has 0 bridgehead atoms. The third kappa shape index (κ3) is 3.85. The molecule has 1 aromatic carbocycles. The molecule has 0 radical (unpaired) electrons. The van der Waals surface area contributed by atoms with Crippen LogP contribution in [0.2, 0.25) is 5.02 Å². The average molecular weight is 305 g/mol. The van der Waals surface area contributed by atoms with Gasteiger partial charge in [0.1, 0.15) is 5.82 Å². The highest BCUT2D eigenvalue weighted by molar-refractivity contribution is 6.30. The summed E-state index contributed by atoms with van der Waals surface area (Å²) in [7, 11) is 2.04. The summed E-state index contributed by atoms with van der Waals surface area (Å²) in [6.07, 6.45) is 0. The zero-order valence-corrected chi connectivity index (χ0v) is 13.6. The summed E-state index contributed by atoms with van der Waals surface area (Å²) in [5.74, 6) is 1.57. The molecule has 21 heavy (non-hydrogen) atoms.